The van der Waals surface area contributed by atoms with Gasteiger partial charge in [0.25, 0.3) is 0 Å². The maximum absolute atomic E-state index is 11.4. The number of carbonyl (C=O) groups is 2. The van der Waals surface area contributed by atoms with Gasteiger partial charge in [-0.25, -0.2) is 9.59 Å². The summed E-state index contributed by atoms with van der Waals surface area (Å²) in [7, 11) is 1.26. The van der Waals surface area contributed by atoms with Gasteiger partial charge in [-0.3, -0.25) is 0 Å². The van der Waals surface area contributed by atoms with Crippen molar-refractivity contribution in [1.82, 2.24) is 5.32 Å². The van der Waals surface area contributed by atoms with Gasteiger partial charge in [-0.2, -0.15) is 0 Å². The van der Waals surface area contributed by atoms with Crippen LogP contribution < -0.4 is 5.32 Å². The highest BCUT2D eigenvalue weighted by Gasteiger charge is 2.41. The van der Waals surface area contributed by atoms with E-state index in [4.69, 9.17) is 4.74 Å². The first-order valence-corrected chi connectivity index (χ1v) is 4.82. The summed E-state index contributed by atoms with van der Waals surface area (Å²) in [6, 6.07) is 8.66. The minimum atomic E-state index is -0.917. The third kappa shape index (κ3) is 1.84. The molecule has 84 valence electrons. The predicted molar refractivity (Wildman–Crippen MR) is 54.6 cm³/mol. The number of cyclic esters (lactones) is 1. The zero-order chi connectivity index (χ0) is 11.5. The van der Waals surface area contributed by atoms with Crippen LogP contribution in [0.3, 0.4) is 0 Å². The van der Waals surface area contributed by atoms with Crippen molar-refractivity contribution in [3.8, 4) is 0 Å². The summed E-state index contributed by atoms with van der Waals surface area (Å²) in [6.45, 7) is 0. The molecule has 0 aromatic heterocycles. The number of methoxy groups -OCH3 is 1. The fourth-order valence-corrected chi connectivity index (χ4v) is 1.64. The number of amides is 1. The topological polar surface area (TPSA) is 64.6 Å². The van der Waals surface area contributed by atoms with Crippen LogP contribution in [0.1, 0.15) is 11.6 Å². The zero-order valence-electron chi connectivity index (χ0n) is 8.67. The Morgan fingerprint density at radius 3 is 2.69 bits per heavy atom. The Hall–Kier alpha value is -2.04. The molecule has 0 aliphatic carbocycles. The highest BCUT2D eigenvalue weighted by atomic mass is 16.6. The molecule has 1 heterocycles. The molecule has 0 radical (unpaired) electrons. The largest absolute Gasteiger partial charge is 0.466 e. The quantitative estimate of drug-likeness (QED) is 0.757. The van der Waals surface area contributed by atoms with Gasteiger partial charge < -0.3 is 14.8 Å². The van der Waals surface area contributed by atoms with E-state index in [1.54, 1.807) is 0 Å². The van der Waals surface area contributed by atoms with E-state index in [1.807, 2.05) is 30.3 Å². The lowest BCUT2D eigenvalue weighted by Crippen LogP contribution is -2.30. The Morgan fingerprint density at radius 2 is 2.06 bits per heavy atom. The number of ether oxygens (including phenoxy) is 2. The third-order valence-electron chi connectivity index (χ3n) is 2.40. The standard InChI is InChI=1S/C11H11NO4/c1-15-10(13)9-8(12-11(14)16-9)7-5-3-2-4-6-7/h2-6,8-9H,1H3,(H,12,14)/t8-,9+/m1/s1. The molecule has 2 rings (SSSR count). The van der Waals surface area contributed by atoms with E-state index in [0.29, 0.717) is 0 Å². The molecule has 0 bridgehead atoms. The molecule has 16 heavy (non-hydrogen) atoms. The minimum absolute atomic E-state index is 0.485. The van der Waals surface area contributed by atoms with Gasteiger partial charge in [-0.05, 0) is 5.56 Å². The Labute approximate surface area is 92.4 Å². The van der Waals surface area contributed by atoms with E-state index in [9.17, 15) is 9.59 Å². The lowest BCUT2D eigenvalue weighted by atomic mass is 10.0. The molecule has 1 amide bonds. The first-order valence-electron chi connectivity index (χ1n) is 4.82. The van der Waals surface area contributed by atoms with Gasteiger partial charge in [0, 0.05) is 0 Å². The molecule has 2 atom stereocenters. The zero-order valence-corrected chi connectivity index (χ0v) is 8.67. The molecular formula is C11H11NO4. The third-order valence-corrected chi connectivity index (χ3v) is 2.40. The molecular weight excluding hydrogens is 210 g/mol. The van der Waals surface area contributed by atoms with Gasteiger partial charge >= 0.3 is 12.1 Å². The molecule has 1 N–H and O–H groups in total. The van der Waals surface area contributed by atoms with Gasteiger partial charge in [-0.15, -0.1) is 0 Å². The Morgan fingerprint density at radius 1 is 1.38 bits per heavy atom. The summed E-state index contributed by atoms with van der Waals surface area (Å²) in [5, 5.41) is 2.57. The van der Waals surface area contributed by atoms with Crippen molar-refractivity contribution >= 4 is 12.1 Å². The molecule has 1 aromatic carbocycles. The van der Waals surface area contributed by atoms with Crippen molar-refractivity contribution in [2.45, 2.75) is 12.1 Å². The number of hydrogen-bond acceptors (Lipinski definition) is 4. The van der Waals surface area contributed by atoms with Gasteiger partial charge in [-0.1, -0.05) is 30.3 Å². The summed E-state index contributed by atoms with van der Waals surface area (Å²) < 4.78 is 9.43. The predicted octanol–water partition coefficient (Wildman–Crippen LogP) is 1.01. The molecule has 0 spiro atoms. The maximum Gasteiger partial charge on any atom is 0.408 e. The number of esters is 1. The van der Waals surface area contributed by atoms with Crippen molar-refractivity contribution in [1.29, 1.82) is 0 Å². The van der Waals surface area contributed by atoms with E-state index >= 15 is 0 Å². The van der Waals surface area contributed by atoms with Gasteiger partial charge in [0.15, 0.2) is 0 Å². The van der Waals surface area contributed by atoms with Crippen LogP contribution in [0.15, 0.2) is 30.3 Å². The monoisotopic (exact) mass is 221 g/mol. The van der Waals surface area contributed by atoms with Crippen LogP contribution in [0, 0.1) is 0 Å². The lowest BCUT2D eigenvalue weighted by Gasteiger charge is -2.14. The molecule has 1 fully saturated rings. The van der Waals surface area contributed by atoms with Crippen molar-refractivity contribution in [3.63, 3.8) is 0 Å². The first-order chi connectivity index (χ1) is 7.72. The SMILES string of the molecule is COC(=O)[C@H]1OC(=O)N[C@@H]1c1ccccc1. The number of hydrogen-bond donors (Lipinski definition) is 1. The van der Waals surface area contributed by atoms with E-state index in [1.165, 1.54) is 7.11 Å². The summed E-state index contributed by atoms with van der Waals surface area (Å²) in [6.07, 6.45) is -1.52. The van der Waals surface area contributed by atoms with Crippen molar-refractivity contribution in [3.05, 3.63) is 35.9 Å². The average molecular weight is 221 g/mol. The summed E-state index contributed by atoms with van der Waals surface area (Å²) in [4.78, 5) is 22.5. The van der Waals surface area contributed by atoms with Crippen LogP contribution in [0.4, 0.5) is 4.79 Å². The molecule has 1 saturated heterocycles. The molecule has 5 nitrogen and oxygen atoms in total. The molecule has 0 unspecified atom stereocenters. The van der Waals surface area contributed by atoms with Crippen molar-refractivity contribution in [2.24, 2.45) is 0 Å². The van der Waals surface area contributed by atoms with E-state index in [2.05, 4.69) is 10.1 Å². The Bertz CT molecular complexity index is 404. The molecule has 1 aliphatic rings. The van der Waals surface area contributed by atoms with Crippen LogP contribution in [0.2, 0.25) is 0 Å². The summed E-state index contributed by atoms with van der Waals surface area (Å²) in [5.41, 5.74) is 0.809. The van der Waals surface area contributed by atoms with E-state index in [0.717, 1.165) is 5.56 Å². The fraction of sp³-hybridized carbons (Fsp3) is 0.273. The Balaban J connectivity index is 2.26. The molecule has 1 aliphatic heterocycles. The van der Waals surface area contributed by atoms with E-state index < -0.39 is 24.2 Å². The van der Waals surface area contributed by atoms with Gasteiger partial charge in [0.1, 0.15) is 6.04 Å². The second-order valence-electron chi connectivity index (χ2n) is 3.38. The van der Waals surface area contributed by atoms with Crippen LogP contribution in [-0.4, -0.2) is 25.3 Å². The van der Waals surface area contributed by atoms with Crippen LogP contribution in [0.25, 0.3) is 0 Å². The smallest absolute Gasteiger partial charge is 0.408 e. The van der Waals surface area contributed by atoms with E-state index in [-0.39, 0.29) is 0 Å². The van der Waals surface area contributed by atoms with Crippen LogP contribution in [0.5, 0.6) is 0 Å². The summed E-state index contributed by atoms with van der Waals surface area (Å²) >= 11 is 0. The number of rotatable bonds is 2. The van der Waals surface area contributed by atoms with Gasteiger partial charge in [0.05, 0.1) is 7.11 Å². The average Bonchev–Trinajstić information content (AvgIpc) is 2.71. The molecule has 1 aromatic rings. The summed E-state index contributed by atoms with van der Waals surface area (Å²) in [5.74, 6) is -0.563. The number of carbonyl (C=O) groups excluding carboxylic acids is 2. The van der Waals surface area contributed by atoms with Crippen molar-refractivity contribution in [2.75, 3.05) is 7.11 Å². The van der Waals surface area contributed by atoms with Crippen LogP contribution in [-0.2, 0) is 14.3 Å². The van der Waals surface area contributed by atoms with Crippen molar-refractivity contribution < 1.29 is 19.1 Å². The highest BCUT2D eigenvalue weighted by molar-refractivity contribution is 5.83. The number of nitrogens with one attached hydrogen (secondary N) is 1. The maximum atomic E-state index is 11.4. The first kappa shape index (κ1) is 10.5. The molecule has 0 saturated carbocycles. The number of alkyl carbamates (subject to hydrolysis) is 1. The second-order valence-corrected chi connectivity index (χ2v) is 3.38. The van der Waals surface area contributed by atoms with Gasteiger partial charge in [0.2, 0.25) is 6.10 Å². The molecule has 5 heteroatoms. The highest BCUT2D eigenvalue weighted by Crippen LogP contribution is 2.25. The normalized spacial score (nSPS) is 23.4. The number of benzene rings is 1. The fourth-order valence-electron chi connectivity index (χ4n) is 1.64. The minimum Gasteiger partial charge on any atom is -0.466 e. The second kappa shape index (κ2) is 4.22. The Kier molecular flexibility index (Phi) is 2.76. The lowest BCUT2D eigenvalue weighted by molar-refractivity contribution is -0.149. The van der Waals surface area contributed by atoms with Crippen LogP contribution >= 0.6 is 0 Å².